The van der Waals surface area contributed by atoms with E-state index >= 15 is 0 Å². The minimum atomic E-state index is 0.350. The fourth-order valence-corrected chi connectivity index (χ4v) is 2.59. The van der Waals surface area contributed by atoms with Crippen molar-refractivity contribution in [2.45, 2.75) is 25.2 Å². The van der Waals surface area contributed by atoms with E-state index in [0.29, 0.717) is 12.3 Å². The number of aromatic nitrogens is 2. The highest BCUT2D eigenvalue weighted by atomic mass is 16.5. The summed E-state index contributed by atoms with van der Waals surface area (Å²) in [6.45, 7) is 2.01. The van der Waals surface area contributed by atoms with Crippen LogP contribution >= 0.6 is 0 Å². The lowest BCUT2D eigenvalue weighted by Gasteiger charge is -2.18. The van der Waals surface area contributed by atoms with E-state index in [1.54, 1.807) is 7.11 Å². The molecule has 1 aliphatic heterocycles. The maximum Gasteiger partial charge on any atom is 0.231 e. The van der Waals surface area contributed by atoms with Gasteiger partial charge >= 0.3 is 0 Å². The second kappa shape index (κ2) is 6.05. The molecule has 3 rings (SSSR count). The van der Waals surface area contributed by atoms with Crippen molar-refractivity contribution in [3.63, 3.8) is 0 Å². The number of piperidine rings is 1. The van der Waals surface area contributed by atoms with E-state index in [1.165, 1.54) is 0 Å². The lowest BCUT2D eigenvalue weighted by molar-refractivity contribution is 0.320. The first-order chi connectivity index (χ1) is 9.86. The number of hydrogen-bond acceptors (Lipinski definition) is 5. The van der Waals surface area contributed by atoms with Crippen molar-refractivity contribution in [1.29, 1.82) is 0 Å². The molecule has 0 saturated carbocycles. The largest absolute Gasteiger partial charge is 0.496 e. The van der Waals surface area contributed by atoms with Gasteiger partial charge in [-0.1, -0.05) is 23.4 Å². The van der Waals surface area contributed by atoms with Crippen LogP contribution in [0.15, 0.2) is 28.8 Å². The van der Waals surface area contributed by atoms with Crippen molar-refractivity contribution in [1.82, 2.24) is 15.5 Å². The van der Waals surface area contributed by atoms with Gasteiger partial charge in [0.15, 0.2) is 5.82 Å². The summed E-state index contributed by atoms with van der Waals surface area (Å²) in [5, 5.41) is 7.46. The fourth-order valence-electron chi connectivity index (χ4n) is 2.59. The first-order valence-electron chi connectivity index (χ1n) is 7.02. The van der Waals surface area contributed by atoms with Gasteiger partial charge in [0, 0.05) is 18.5 Å². The Balaban J connectivity index is 1.73. The molecular weight excluding hydrogens is 254 g/mol. The van der Waals surface area contributed by atoms with Crippen LogP contribution in [0, 0.1) is 0 Å². The number of benzene rings is 1. The Labute approximate surface area is 118 Å². The van der Waals surface area contributed by atoms with Gasteiger partial charge in [0.25, 0.3) is 0 Å². The minimum Gasteiger partial charge on any atom is -0.496 e. The molecule has 5 nitrogen and oxygen atoms in total. The topological polar surface area (TPSA) is 60.2 Å². The zero-order chi connectivity index (χ0) is 13.8. The van der Waals surface area contributed by atoms with Gasteiger partial charge in [-0.2, -0.15) is 4.98 Å². The summed E-state index contributed by atoms with van der Waals surface area (Å²) in [7, 11) is 1.67. The van der Waals surface area contributed by atoms with E-state index in [4.69, 9.17) is 9.26 Å². The summed E-state index contributed by atoms with van der Waals surface area (Å²) in [4.78, 5) is 4.53. The highest BCUT2D eigenvalue weighted by Crippen LogP contribution is 2.23. The van der Waals surface area contributed by atoms with E-state index < -0.39 is 0 Å². The zero-order valence-corrected chi connectivity index (χ0v) is 11.6. The van der Waals surface area contributed by atoms with Crippen LogP contribution in [0.5, 0.6) is 5.75 Å². The molecule has 106 valence electrons. The molecule has 0 aliphatic carbocycles. The highest BCUT2D eigenvalue weighted by Gasteiger charge is 2.21. The first kappa shape index (κ1) is 13.1. The van der Waals surface area contributed by atoms with Crippen molar-refractivity contribution in [3.8, 4) is 5.75 Å². The molecule has 2 heterocycles. The molecule has 0 unspecified atom stereocenters. The standard InChI is InChI=1S/C15H19N3O2/c1-19-13-7-3-2-5-11(13)9-14-17-15(20-18-14)12-6-4-8-16-10-12/h2-3,5,7,12,16H,4,6,8-10H2,1H3/t12-/m0/s1. The van der Waals surface area contributed by atoms with Crippen LogP contribution in [0.3, 0.4) is 0 Å². The lowest BCUT2D eigenvalue weighted by Crippen LogP contribution is -2.28. The quantitative estimate of drug-likeness (QED) is 0.924. The fraction of sp³-hybridized carbons (Fsp3) is 0.467. The van der Waals surface area contributed by atoms with Gasteiger partial charge in [-0.25, -0.2) is 0 Å². The zero-order valence-electron chi connectivity index (χ0n) is 11.6. The SMILES string of the molecule is COc1ccccc1Cc1noc([C@H]2CCCNC2)n1. The Kier molecular flexibility index (Phi) is 3.97. The van der Waals surface area contributed by atoms with Crippen LogP contribution in [0.25, 0.3) is 0 Å². The van der Waals surface area contributed by atoms with Gasteiger partial charge in [0.1, 0.15) is 5.75 Å². The lowest BCUT2D eigenvalue weighted by atomic mass is 10.00. The minimum absolute atomic E-state index is 0.350. The van der Waals surface area contributed by atoms with Gasteiger partial charge in [-0.15, -0.1) is 0 Å². The molecule has 5 heteroatoms. The number of ether oxygens (including phenoxy) is 1. The number of rotatable bonds is 4. The van der Waals surface area contributed by atoms with Gasteiger partial charge in [-0.05, 0) is 25.5 Å². The molecule has 1 aromatic heterocycles. The molecule has 2 aromatic rings. The summed E-state index contributed by atoms with van der Waals surface area (Å²) in [5.74, 6) is 2.68. The first-order valence-corrected chi connectivity index (χ1v) is 7.02. The maximum atomic E-state index is 5.41. The van der Waals surface area contributed by atoms with Crippen LogP contribution in [0.2, 0.25) is 0 Å². The van der Waals surface area contributed by atoms with Gasteiger partial charge in [0.2, 0.25) is 5.89 Å². The van der Waals surface area contributed by atoms with E-state index in [2.05, 4.69) is 15.5 Å². The normalized spacial score (nSPS) is 18.9. The molecule has 0 amide bonds. The summed E-state index contributed by atoms with van der Waals surface area (Å²) in [6.07, 6.45) is 2.91. The molecule has 1 aromatic carbocycles. The molecule has 1 atom stereocenters. The number of nitrogens with zero attached hydrogens (tertiary/aromatic N) is 2. The van der Waals surface area contributed by atoms with Gasteiger partial charge < -0.3 is 14.6 Å². The average Bonchev–Trinajstić information content (AvgIpc) is 2.97. The number of hydrogen-bond donors (Lipinski definition) is 1. The van der Waals surface area contributed by atoms with Crippen molar-refractivity contribution >= 4 is 0 Å². The van der Waals surface area contributed by atoms with Crippen molar-refractivity contribution in [2.24, 2.45) is 0 Å². The maximum absolute atomic E-state index is 5.41. The molecular formula is C15H19N3O2. The summed E-state index contributed by atoms with van der Waals surface area (Å²) in [6, 6.07) is 7.92. The number of para-hydroxylation sites is 1. The Morgan fingerprint density at radius 1 is 1.40 bits per heavy atom. The molecule has 1 aliphatic rings. The van der Waals surface area contributed by atoms with Crippen molar-refractivity contribution in [2.75, 3.05) is 20.2 Å². The summed E-state index contributed by atoms with van der Waals surface area (Å²) >= 11 is 0. The molecule has 1 fully saturated rings. The Morgan fingerprint density at radius 2 is 2.30 bits per heavy atom. The average molecular weight is 273 g/mol. The van der Waals surface area contributed by atoms with Crippen molar-refractivity contribution < 1.29 is 9.26 Å². The molecule has 1 saturated heterocycles. The molecule has 1 N–H and O–H groups in total. The molecule has 0 radical (unpaired) electrons. The summed E-state index contributed by atoms with van der Waals surface area (Å²) < 4.78 is 10.8. The van der Waals surface area contributed by atoms with Crippen molar-refractivity contribution in [3.05, 3.63) is 41.5 Å². The Morgan fingerprint density at radius 3 is 3.10 bits per heavy atom. The van der Waals surface area contributed by atoms with Crippen LogP contribution < -0.4 is 10.1 Å². The Bertz CT molecular complexity index is 562. The van der Waals surface area contributed by atoms with E-state index in [1.807, 2.05) is 24.3 Å². The Hall–Kier alpha value is -1.88. The van der Waals surface area contributed by atoms with Crippen LogP contribution in [0.4, 0.5) is 0 Å². The molecule has 20 heavy (non-hydrogen) atoms. The smallest absolute Gasteiger partial charge is 0.231 e. The van der Waals surface area contributed by atoms with Gasteiger partial charge in [0.05, 0.1) is 13.0 Å². The van der Waals surface area contributed by atoms with Crippen LogP contribution in [-0.2, 0) is 6.42 Å². The second-order valence-electron chi connectivity index (χ2n) is 5.08. The predicted molar refractivity (Wildman–Crippen MR) is 74.9 cm³/mol. The third-order valence-electron chi connectivity index (χ3n) is 3.67. The van der Waals surface area contributed by atoms with Crippen LogP contribution in [-0.4, -0.2) is 30.3 Å². The van der Waals surface area contributed by atoms with Crippen LogP contribution in [0.1, 0.15) is 36.0 Å². The molecule has 0 bridgehead atoms. The predicted octanol–water partition coefficient (Wildman–Crippen LogP) is 2.14. The number of methoxy groups -OCH3 is 1. The monoisotopic (exact) mass is 273 g/mol. The van der Waals surface area contributed by atoms with E-state index in [9.17, 15) is 0 Å². The number of nitrogens with one attached hydrogen (secondary N) is 1. The van der Waals surface area contributed by atoms with E-state index in [0.717, 1.165) is 49.0 Å². The highest BCUT2D eigenvalue weighted by molar-refractivity contribution is 5.35. The third-order valence-corrected chi connectivity index (χ3v) is 3.67. The second-order valence-corrected chi connectivity index (χ2v) is 5.08. The van der Waals surface area contributed by atoms with Gasteiger partial charge in [-0.3, -0.25) is 0 Å². The molecule has 0 spiro atoms. The van der Waals surface area contributed by atoms with E-state index in [-0.39, 0.29) is 0 Å². The third kappa shape index (κ3) is 2.82. The summed E-state index contributed by atoms with van der Waals surface area (Å²) in [5.41, 5.74) is 1.07.